The van der Waals surface area contributed by atoms with Crippen LogP contribution in [0, 0.1) is 11.8 Å². The molecule has 4 atom stereocenters. The predicted octanol–water partition coefficient (Wildman–Crippen LogP) is 4.81. The number of rotatable bonds is 10. The number of allylic oxidation sites excluding steroid dienone is 4. The van der Waals surface area contributed by atoms with E-state index in [0.29, 0.717) is 42.4 Å². The van der Waals surface area contributed by atoms with Crippen LogP contribution < -0.4 is 10.6 Å². The van der Waals surface area contributed by atoms with Gasteiger partial charge in [0.15, 0.2) is 5.78 Å². The molecule has 2 aromatic heterocycles. The molecular formula is C38H48N8O7. The van der Waals surface area contributed by atoms with E-state index >= 15 is 0 Å². The van der Waals surface area contributed by atoms with Gasteiger partial charge in [-0.05, 0) is 66.9 Å². The van der Waals surface area contributed by atoms with E-state index in [1.165, 1.54) is 14.2 Å². The van der Waals surface area contributed by atoms with E-state index in [-0.39, 0.29) is 47.9 Å². The van der Waals surface area contributed by atoms with Crippen LogP contribution >= 0.6 is 0 Å². The van der Waals surface area contributed by atoms with Gasteiger partial charge in [0.2, 0.25) is 11.8 Å². The molecule has 0 saturated carbocycles. The molecule has 4 amide bonds. The number of aromatic amines is 2. The van der Waals surface area contributed by atoms with Crippen molar-refractivity contribution >= 4 is 52.0 Å². The minimum atomic E-state index is -0.739. The van der Waals surface area contributed by atoms with Crippen LogP contribution in [0.1, 0.15) is 94.8 Å². The average Bonchev–Trinajstić information content (AvgIpc) is 3.97. The molecule has 4 heterocycles. The highest BCUT2D eigenvalue weighted by Gasteiger charge is 2.39. The molecule has 0 unspecified atom stereocenters. The van der Waals surface area contributed by atoms with Crippen LogP contribution in [0.25, 0.3) is 22.2 Å². The molecule has 2 aliphatic heterocycles. The van der Waals surface area contributed by atoms with Gasteiger partial charge >= 0.3 is 12.2 Å². The number of ketones is 1. The van der Waals surface area contributed by atoms with E-state index in [1.807, 2.05) is 52.0 Å². The maximum atomic E-state index is 13.6. The smallest absolute Gasteiger partial charge is 0.407 e. The van der Waals surface area contributed by atoms with Gasteiger partial charge in [0.25, 0.3) is 0 Å². The van der Waals surface area contributed by atoms with Crippen LogP contribution in [0.3, 0.4) is 0 Å². The summed E-state index contributed by atoms with van der Waals surface area (Å²) in [5, 5.41) is 5.34. The summed E-state index contributed by atoms with van der Waals surface area (Å²) in [7, 11) is 2.54. The molecule has 282 valence electrons. The third kappa shape index (κ3) is 7.69. The number of hydrogen-bond donors (Lipinski definition) is 4. The predicted molar refractivity (Wildman–Crippen MR) is 196 cm³/mol. The van der Waals surface area contributed by atoms with E-state index in [2.05, 4.69) is 25.6 Å². The van der Waals surface area contributed by atoms with Crippen molar-refractivity contribution in [1.29, 1.82) is 0 Å². The number of aromatic nitrogens is 4. The fraction of sp³-hybridized carbons (Fsp3) is 0.500. The summed E-state index contributed by atoms with van der Waals surface area (Å²) in [6.07, 6.45) is 7.29. The number of carbonyl (C=O) groups excluding carboxylic acids is 5. The number of fused-ring (bicyclic) bond motifs is 1. The van der Waals surface area contributed by atoms with Crippen molar-refractivity contribution in [2.75, 3.05) is 27.3 Å². The van der Waals surface area contributed by atoms with Crippen molar-refractivity contribution in [1.82, 2.24) is 40.4 Å². The van der Waals surface area contributed by atoms with Crippen LogP contribution in [-0.4, -0.2) is 98.9 Å². The molecule has 2 saturated heterocycles. The van der Waals surface area contributed by atoms with Gasteiger partial charge in [-0.3, -0.25) is 14.4 Å². The largest absolute Gasteiger partial charge is 0.453 e. The quantitative estimate of drug-likeness (QED) is 0.227. The molecule has 6 rings (SSSR count). The number of imidazole rings is 2. The lowest BCUT2D eigenvalue weighted by Gasteiger charge is -2.30. The van der Waals surface area contributed by atoms with Crippen molar-refractivity contribution in [2.45, 2.75) is 84.0 Å². The van der Waals surface area contributed by atoms with Gasteiger partial charge in [-0.25, -0.2) is 19.6 Å². The summed E-state index contributed by atoms with van der Waals surface area (Å²) in [5.41, 5.74) is 4.37. The van der Waals surface area contributed by atoms with E-state index in [1.54, 1.807) is 22.1 Å². The third-order valence-electron chi connectivity index (χ3n) is 10.3. The number of H-pyrrole nitrogens is 2. The first-order valence-corrected chi connectivity index (χ1v) is 18.2. The molecule has 0 bridgehead atoms. The molecule has 0 spiro atoms. The van der Waals surface area contributed by atoms with Gasteiger partial charge in [0.1, 0.15) is 23.7 Å². The number of carbonyl (C=O) groups is 5. The zero-order valence-corrected chi connectivity index (χ0v) is 31.0. The second-order valence-corrected chi connectivity index (χ2v) is 14.5. The van der Waals surface area contributed by atoms with Crippen molar-refractivity contribution in [3.05, 3.63) is 59.5 Å². The van der Waals surface area contributed by atoms with E-state index in [0.717, 1.165) is 41.4 Å². The molecule has 1 aromatic carbocycles. The van der Waals surface area contributed by atoms with Crippen LogP contribution in [0.5, 0.6) is 0 Å². The number of nitrogens with one attached hydrogen (secondary N) is 4. The summed E-state index contributed by atoms with van der Waals surface area (Å²) in [4.78, 5) is 84.2. The van der Waals surface area contributed by atoms with Crippen LogP contribution in [0.2, 0.25) is 0 Å². The van der Waals surface area contributed by atoms with Gasteiger partial charge in [-0.1, -0.05) is 39.8 Å². The van der Waals surface area contributed by atoms with Crippen molar-refractivity contribution in [3.63, 3.8) is 0 Å². The molecule has 3 aromatic rings. The van der Waals surface area contributed by atoms with Crippen LogP contribution in [0.4, 0.5) is 9.59 Å². The Balaban J connectivity index is 1.18. The zero-order chi connectivity index (χ0) is 38.0. The van der Waals surface area contributed by atoms with Gasteiger partial charge in [0.05, 0.1) is 49.2 Å². The fourth-order valence-corrected chi connectivity index (χ4v) is 7.46. The first-order chi connectivity index (χ1) is 25.4. The number of amides is 4. The summed E-state index contributed by atoms with van der Waals surface area (Å²) >= 11 is 0. The number of methoxy groups -OCH3 is 2. The van der Waals surface area contributed by atoms with Crippen molar-refractivity contribution < 1.29 is 33.4 Å². The number of Topliss-reactive ketones (excluding diaryl/α,β-unsaturated/α-hetero) is 1. The zero-order valence-electron chi connectivity index (χ0n) is 31.0. The first kappa shape index (κ1) is 37.3. The van der Waals surface area contributed by atoms with Crippen molar-refractivity contribution in [3.8, 4) is 0 Å². The second-order valence-electron chi connectivity index (χ2n) is 14.5. The van der Waals surface area contributed by atoms with E-state index in [9.17, 15) is 24.0 Å². The maximum Gasteiger partial charge on any atom is 0.407 e. The van der Waals surface area contributed by atoms with Crippen LogP contribution in [-0.2, 0) is 23.9 Å². The molecule has 4 N–H and O–H groups in total. The Labute approximate surface area is 308 Å². The number of hydrogen-bond acceptors (Lipinski definition) is 9. The average molecular weight is 729 g/mol. The Bertz CT molecular complexity index is 1960. The lowest BCUT2D eigenvalue weighted by molar-refractivity contribution is -0.136. The fourth-order valence-electron chi connectivity index (χ4n) is 7.46. The second kappa shape index (κ2) is 15.6. The SMILES string of the molecule is COC(=O)N[C@H](C(=O)N1CCC[C@H]1c1ncc(C2=CC=C(c3ccc4nc([C@@H]5CCCN5C(=O)[C@@H](NC(=O)OC)C(C)C)[nH]c4c3)CC2=O)[nH]1)C(C)C. The molecule has 15 heteroatoms. The monoisotopic (exact) mass is 728 g/mol. The Hall–Kier alpha value is -5.47. The Morgan fingerprint density at radius 1 is 0.830 bits per heavy atom. The van der Waals surface area contributed by atoms with Crippen molar-refractivity contribution in [2.24, 2.45) is 11.8 Å². The number of likely N-dealkylation sites (tertiary alicyclic amines) is 2. The number of ether oxygens (including phenoxy) is 2. The minimum absolute atomic E-state index is 0.0648. The van der Waals surface area contributed by atoms with Crippen LogP contribution in [0.15, 0.2) is 36.5 Å². The Morgan fingerprint density at radius 3 is 1.96 bits per heavy atom. The Morgan fingerprint density at radius 2 is 1.42 bits per heavy atom. The normalized spacial score (nSPS) is 20.0. The molecule has 2 fully saturated rings. The third-order valence-corrected chi connectivity index (χ3v) is 10.3. The summed E-state index contributed by atoms with van der Waals surface area (Å²) in [6, 6.07) is 3.79. The van der Waals surface area contributed by atoms with E-state index in [4.69, 9.17) is 14.5 Å². The van der Waals surface area contributed by atoms with Gasteiger partial charge in [0, 0.05) is 25.1 Å². The number of benzene rings is 1. The summed E-state index contributed by atoms with van der Waals surface area (Å²) < 4.78 is 9.48. The topological polar surface area (TPSA) is 192 Å². The summed E-state index contributed by atoms with van der Waals surface area (Å²) in [6.45, 7) is 8.59. The number of nitrogens with zero attached hydrogens (tertiary/aromatic N) is 4. The lowest BCUT2D eigenvalue weighted by Crippen LogP contribution is -2.51. The maximum absolute atomic E-state index is 13.6. The molecule has 15 nitrogen and oxygen atoms in total. The van der Waals surface area contributed by atoms with E-state index < -0.39 is 24.3 Å². The van der Waals surface area contributed by atoms with Gasteiger partial charge < -0.3 is 39.9 Å². The Kier molecular flexibility index (Phi) is 11.0. The summed E-state index contributed by atoms with van der Waals surface area (Å²) in [5.74, 6) is 0.555. The first-order valence-electron chi connectivity index (χ1n) is 18.2. The highest BCUT2D eigenvalue weighted by Crippen LogP contribution is 2.36. The highest BCUT2D eigenvalue weighted by atomic mass is 16.5. The number of alkyl carbamates (subject to hydrolysis) is 2. The minimum Gasteiger partial charge on any atom is -0.453 e. The molecule has 53 heavy (non-hydrogen) atoms. The van der Waals surface area contributed by atoms with Gasteiger partial charge in [-0.2, -0.15) is 0 Å². The molecule has 0 radical (unpaired) electrons. The molecular weight excluding hydrogens is 680 g/mol. The highest BCUT2D eigenvalue weighted by molar-refractivity contribution is 6.24. The molecule has 1 aliphatic carbocycles. The van der Waals surface area contributed by atoms with Gasteiger partial charge in [-0.15, -0.1) is 0 Å². The lowest BCUT2D eigenvalue weighted by atomic mass is 9.91. The molecule has 3 aliphatic rings. The standard InChI is InChI=1S/C38H48N8O7/c1-20(2)31(43-37(50)52-5)35(48)45-15-7-9-28(45)33-39-19-27(42-33)24-13-11-23(18-30(24)47)22-12-14-25-26(17-22)41-34(40-25)29-10-8-16-46(29)36(49)32(21(3)4)44-38(51)53-6/h11-14,17,19-21,28-29,31-32H,7-10,15-16,18H2,1-6H3,(H,39,42)(H,40,41)(H,43,50)(H,44,51)/t28-,29-,31-,32-/m0/s1.